The van der Waals surface area contributed by atoms with E-state index in [1.54, 1.807) is 24.6 Å². The van der Waals surface area contributed by atoms with Gasteiger partial charge in [-0.3, -0.25) is 0 Å². The van der Waals surface area contributed by atoms with Crippen molar-refractivity contribution in [3.05, 3.63) is 23.3 Å². The Hall–Kier alpha value is -1.53. The number of rotatable bonds is 6. The van der Waals surface area contributed by atoms with Gasteiger partial charge in [-0.2, -0.15) is 0 Å². The number of nitrogens with one attached hydrogen (secondary N) is 1. The summed E-state index contributed by atoms with van der Waals surface area (Å²) in [5.74, 6) is 0.585. The minimum Gasteiger partial charge on any atom is -0.480 e. The standard InChI is InChI=1S/C12H16N4OS/c1-3-6-13-8-10-15-16-12(18-10)9-5-4-7-14-11(9)17-2/h4-5,7,13H,3,6,8H2,1-2H3. The number of hydrogen-bond donors (Lipinski definition) is 1. The number of ether oxygens (including phenoxy) is 1. The van der Waals surface area contributed by atoms with Crippen LogP contribution < -0.4 is 10.1 Å². The molecule has 0 aromatic carbocycles. The highest BCUT2D eigenvalue weighted by Crippen LogP contribution is 2.29. The quantitative estimate of drug-likeness (QED) is 0.810. The third kappa shape index (κ3) is 3.02. The summed E-state index contributed by atoms with van der Waals surface area (Å²) in [6, 6.07) is 3.81. The minimum atomic E-state index is 0.585. The Kier molecular flexibility index (Phi) is 4.60. The van der Waals surface area contributed by atoms with E-state index in [1.807, 2.05) is 12.1 Å². The molecule has 1 N–H and O–H groups in total. The molecular weight excluding hydrogens is 248 g/mol. The fourth-order valence-electron chi connectivity index (χ4n) is 1.52. The van der Waals surface area contributed by atoms with Gasteiger partial charge in [-0.15, -0.1) is 10.2 Å². The Balaban J connectivity index is 2.13. The SMILES string of the molecule is CCCNCc1nnc(-c2cccnc2OC)s1. The Morgan fingerprint density at radius 2 is 2.28 bits per heavy atom. The largest absolute Gasteiger partial charge is 0.480 e. The van der Waals surface area contributed by atoms with Crippen LogP contribution in [-0.4, -0.2) is 28.8 Å². The van der Waals surface area contributed by atoms with E-state index in [4.69, 9.17) is 4.74 Å². The topological polar surface area (TPSA) is 59.9 Å². The first-order chi connectivity index (χ1) is 8.85. The highest BCUT2D eigenvalue weighted by molar-refractivity contribution is 7.14. The molecule has 0 fully saturated rings. The van der Waals surface area contributed by atoms with Gasteiger partial charge in [0.15, 0.2) is 5.01 Å². The van der Waals surface area contributed by atoms with Crippen molar-refractivity contribution >= 4 is 11.3 Å². The van der Waals surface area contributed by atoms with Crippen molar-refractivity contribution in [2.45, 2.75) is 19.9 Å². The molecule has 96 valence electrons. The van der Waals surface area contributed by atoms with Crippen LogP contribution in [0.4, 0.5) is 0 Å². The van der Waals surface area contributed by atoms with Gasteiger partial charge in [0.05, 0.1) is 12.7 Å². The zero-order valence-corrected chi connectivity index (χ0v) is 11.3. The predicted molar refractivity (Wildman–Crippen MR) is 71.7 cm³/mol. The summed E-state index contributed by atoms with van der Waals surface area (Å²) in [5.41, 5.74) is 0.888. The van der Waals surface area contributed by atoms with Gasteiger partial charge >= 0.3 is 0 Å². The molecule has 0 radical (unpaired) electrons. The van der Waals surface area contributed by atoms with Crippen molar-refractivity contribution in [1.29, 1.82) is 0 Å². The average Bonchev–Trinajstić information content (AvgIpc) is 2.88. The molecule has 5 nitrogen and oxygen atoms in total. The molecule has 2 aromatic heterocycles. The summed E-state index contributed by atoms with van der Waals surface area (Å²) in [7, 11) is 1.61. The average molecular weight is 264 g/mol. The van der Waals surface area contributed by atoms with Crippen LogP contribution in [0.5, 0.6) is 5.88 Å². The first-order valence-corrected chi connectivity index (χ1v) is 6.69. The lowest BCUT2D eigenvalue weighted by atomic mass is 10.3. The summed E-state index contributed by atoms with van der Waals surface area (Å²) in [4.78, 5) is 4.16. The molecule has 0 aliphatic rings. The fourth-order valence-corrected chi connectivity index (χ4v) is 2.35. The van der Waals surface area contributed by atoms with Gasteiger partial charge in [0, 0.05) is 12.7 Å². The maximum Gasteiger partial charge on any atom is 0.223 e. The molecule has 0 spiro atoms. The lowest BCUT2D eigenvalue weighted by Crippen LogP contribution is -2.13. The van der Waals surface area contributed by atoms with Crippen molar-refractivity contribution in [3.63, 3.8) is 0 Å². The first-order valence-electron chi connectivity index (χ1n) is 5.87. The zero-order chi connectivity index (χ0) is 12.8. The molecule has 0 saturated heterocycles. The summed E-state index contributed by atoms with van der Waals surface area (Å²) in [5, 5.41) is 13.5. The van der Waals surface area contributed by atoms with Gasteiger partial charge in [-0.1, -0.05) is 18.3 Å². The molecule has 6 heteroatoms. The molecule has 0 bridgehead atoms. The third-order valence-electron chi connectivity index (χ3n) is 2.36. The summed E-state index contributed by atoms with van der Waals surface area (Å²) in [6.07, 6.45) is 2.81. The number of aromatic nitrogens is 3. The second kappa shape index (κ2) is 6.42. The highest BCUT2D eigenvalue weighted by atomic mass is 32.1. The van der Waals surface area contributed by atoms with Crippen LogP contribution in [0, 0.1) is 0 Å². The molecule has 0 aliphatic carbocycles. The second-order valence-electron chi connectivity index (χ2n) is 3.74. The number of hydrogen-bond acceptors (Lipinski definition) is 6. The summed E-state index contributed by atoms with van der Waals surface area (Å²) in [6.45, 7) is 3.89. The highest BCUT2D eigenvalue weighted by Gasteiger charge is 2.11. The Morgan fingerprint density at radius 3 is 3.06 bits per heavy atom. The summed E-state index contributed by atoms with van der Waals surface area (Å²) >= 11 is 1.56. The third-order valence-corrected chi connectivity index (χ3v) is 3.32. The van der Waals surface area contributed by atoms with Crippen LogP contribution in [0.3, 0.4) is 0 Å². The molecule has 0 atom stereocenters. The van der Waals surface area contributed by atoms with Crippen LogP contribution in [-0.2, 0) is 6.54 Å². The molecular formula is C12H16N4OS. The molecule has 0 amide bonds. The maximum atomic E-state index is 5.22. The van der Waals surface area contributed by atoms with Crippen molar-refractivity contribution in [3.8, 4) is 16.5 Å². The maximum absolute atomic E-state index is 5.22. The second-order valence-corrected chi connectivity index (χ2v) is 4.80. The van der Waals surface area contributed by atoms with Crippen molar-refractivity contribution in [2.24, 2.45) is 0 Å². The van der Waals surface area contributed by atoms with Crippen molar-refractivity contribution in [1.82, 2.24) is 20.5 Å². The van der Waals surface area contributed by atoms with Crippen LogP contribution in [0.15, 0.2) is 18.3 Å². The number of methoxy groups -OCH3 is 1. The molecule has 2 aromatic rings. The van der Waals surface area contributed by atoms with Crippen LogP contribution >= 0.6 is 11.3 Å². The van der Waals surface area contributed by atoms with Gasteiger partial charge < -0.3 is 10.1 Å². The van der Waals surface area contributed by atoms with E-state index in [1.165, 1.54) is 0 Å². The smallest absolute Gasteiger partial charge is 0.223 e. The van der Waals surface area contributed by atoms with E-state index in [-0.39, 0.29) is 0 Å². The predicted octanol–water partition coefficient (Wildman–Crippen LogP) is 2.11. The number of nitrogens with zero attached hydrogens (tertiary/aromatic N) is 3. The van der Waals surface area contributed by atoms with Gasteiger partial charge in [0.25, 0.3) is 0 Å². The molecule has 0 aliphatic heterocycles. The van der Waals surface area contributed by atoms with Crippen LogP contribution in [0.25, 0.3) is 10.6 Å². The van der Waals surface area contributed by atoms with Crippen molar-refractivity contribution in [2.75, 3.05) is 13.7 Å². The molecule has 18 heavy (non-hydrogen) atoms. The molecule has 2 heterocycles. The van der Waals surface area contributed by atoms with Gasteiger partial charge in [-0.25, -0.2) is 4.98 Å². The number of pyridine rings is 1. The van der Waals surface area contributed by atoms with Gasteiger partial charge in [0.2, 0.25) is 5.88 Å². The normalized spacial score (nSPS) is 10.6. The van der Waals surface area contributed by atoms with Gasteiger partial charge in [-0.05, 0) is 25.1 Å². The van der Waals surface area contributed by atoms with E-state index < -0.39 is 0 Å². The lowest BCUT2D eigenvalue weighted by Gasteiger charge is -2.02. The molecule has 2 rings (SSSR count). The lowest BCUT2D eigenvalue weighted by molar-refractivity contribution is 0.399. The Labute approximate surface area is 110 Å². The Bertz CT molecular complexity index is 500. The molecule has 0 saturated carbocycles. The van der Waals surface area contributed by atoms with Crippen LogP contribution in [0.2, 0.25) is 0 Å². The van der Waals surface area contributed by atoms with Gasteiger partial charge in [0.1, 0.15) is 5.01 Å². The first kappa shape index (κ1) is 12.9. The van der Waals surface area contributed by atoms with E-state index in [2.05, 4.69) is 27.4 Å². The minimum absolute atomic E-state index is 0.585. The van der Waals surface area contributed by atoms with E-state index in [0.29, 0.717) is 5.88 Å². The summed E-state index contributed by atoms with van der Waals surface area (Å²) < 4.78 is 5.22. The van der Waals surface area contributed by atoms with Crippen molar-refractivity contribution < 1.29 is 4.74 Å². The monoisotopic (exact) mass is 264 g/mol. The van der Waals surface area contributed by atoms with E-state index in [0.717, 1.165) is 35.1 Å². The fraction of sp³-hybridized carbons (Fsp3) is 0.417. The van der Waals surface area contributed by atoms with E-state index in [9.17, 15) is 0 Å². The Morgan fingerprint density at radius 1 is 1.39 bits per heavy atom. The molecule has 0 unspecified atom stereocenters. The zero-order valence-electron chi connectivity index (χ0n) is 10.5. The van der Waals surface area contributed by atoms with E-state index >= 15 is 0 Å². The van der Waals surface area contributed by atoms with Crippen LogP contribution in [0.1, 0.15) is 18.4 Å².